The third-order valence-corrected chi connectivity index (χ3v) is 5.39. The summed E-state index contributed by atoms with van der Waals surface area (Å²) in [5.74, 6) is 0.687. The average molecular weight is 330 g/mol. The van der Waals surface area contributed by atoms with E-state index in [9.17, 15) is 0 Å². The Morgan fingerprint density at radius 3 is 3.05 bits per heavy atom. The van der Waals surface area contributed by atoms with Crippen molar-refractivity contribution in [1.29, 1.82) is 0 Å². The number of hydrogen-bond acceptors (Lipinski definition) is 5. The molecule has 1 aromatic carbocycles. The Morgan fingerprint density at radius 2 is 2.27 bits per heavy atom. The maximum absolute atomic E-state index is 5.52. The lowest BCUT2D eigenvalue weighted by Crippen LogP contribution is -2.37. The number of aromatic nitrogens is 5. The van der Waals surface area contributed by atoms with Crippen LogP contribution in [0.15, 0.2) is 24.3 Å². The molecule has 112 valence electrons. The van der Waals surface area contributed by atoms with Crippen molar-refractivity contribution >= 4 is 39.2 Å². The van der Waals surface area contributed by atoms with Crippen molar-refractivity contribution in [1.82, 2.24) is 30.5 Å². The number of H-pyrrole nitrogens is 2. The molecule has 0 fully saturated rings. The minimum absolute atomic E-state index is 0.0189. The molecular weight excluding hydrogens is 316 g/mol. The number of tetrazole rings is 1. The van der Waals surface area contributed by atoms with Crippen LogP contribution in [-0.4, -0.2) is 41.1 Å². The van der Waals surface area contributed by atoms with Gasteiger partial charge in [0, 0.05) is 23.0 Å². The van der Waals surface area contributed by atoms with Crippen molar-refractivity contribution in [2.24, 2.45) is 0 Å². The Morgan fingerprint density at radius 1 is 1.41 bits per heavy atom. The lowest BCUT2D eigenvalue weighted by atomic mass is 9.97. The number of fused-ring (bicyclic) bond motifs is 3. The molecule has 3 aromatic rings. The van der Waals surface area contributed by atoms with Gasteiger partial charge in [-0.2, -0.15) is 5.21 Å². The van der Waals surface area contributed by atoms with Gasteiger partial charge in [0.1, 0.15) is 4.32 Å². The molecule has 1 atom stereocenters. The minimum atomic E-state index is 0.0189. The normalized spacial score (nSPS) is 17.7. The molecule has 2 aromatic heterocycles. The van der Waals surface area contributed by atoms with Crippen molar-refractivity contribution < 1.29 is 0 Å². The van der Waals surface area contributed by atoms with Crippen LogP contribution in [0.2, 0.25) is 0 Å². The summed E-state index contributed by atoms with van der Waals surface area (Å²) < 4.78 is 0.846. The third kappa shape index (κ3) is 2.10. The van der Waals surface area contributed by atoms with E-state index in [1.165, 1.54) is 16.6 Å². The highest BCUT2D eigenvalue weighted by Gasteiger charge is 2.33. The van der Waals surface area contributed by atoms with Gasteiger partial charge < -0.3 is 9.88 Å². The highest BCUT2D eigenvalue weighted by atomic mass is 32.2. The second-order valence-electron chi connectivity index (χ2n) is 5.22. The van der Waals surface area contributed by atoms with E-state index in [1.54, 1.807) is 11.8 Å². The molecule has 1 aliphatic heterocycles. The van der Waals surface area contributed by atoms with Crippen molar-refractivity contribution in [3.05, 3.63) is 41.3 Å². The second kappa shape index (κ2) is 5.36. The molecule has 6 nitrogen and oxygen atoms in total. The lowest BCUT2D eigenvalue weighted by molar-refractivity contribution is 0.283. The summed E-state index contributed by atoms with van der Waals surface area (Å²) in [5.41, 5.74) is 3.71. The number of hydrogen-bond donors (Lipinski definition) is 2. The number of nitrogens with one attached hydrogen (secondary N) is 2. The SMILES string of the molecule is CSC(=S)N1Cc2[nH]c3ccccc3c2CC1c1nn[nH]n1. The smallest absolute Gasteiger partial charge is 0.197 e. The fourth-order valence-electron chi connectivity index (χ4n) is 3.06. The molecule has 1 aliphatic rings. The van der Waals surface area contributed by atoms with Crippen molar-refractivity contribution in [2.75, 3.05) is 6.26 Å². The fraction of sp³-hybridized carbons (Fsp3) is 0.286. The zero-order valence-corrected chi connectivity index (χ0v) is 13.5. The van der Waals surface area contributed by atoms with Crippen molar-refractivity contribution in [3.8, 4) is 0 Å². The molecular formula is C14H14N6S2. The first-order valence-corrected chi connectivity index (χ1v) is 8.57. The molecule has 0 saturated carbocycles. The number of para-hydroxylation sites is 1. The molecule has 8 heteroatoms. The number of nitrogens with zero attached hydrogens (tertiary/aromatic N) is 4. The minimum Gasteiger partial charge on any atom is -0.357 e. The van der Waals surface area contributed by atoms with Crippen molar-refractivity contribution in [3.63, 3.8) is 0 Å². The summed E-state index contributed by atoms with van der Waals surface area (Å²) in [7, 11) is 0. The molecule has 22 heavy (non-hydrogen) atoms. The molecule has 3 heterocycles. The van der Waals surface area contributed by atoms with Crippen LogP contribution < -0.4 is 0 Å². The number of aromatic amines is 2. The second-order valence-corrected chi connectivity index (χ2v) is 6.66. The van der Waals surface area contributed by atoms with Crippen molar-refractivity contribution in [2.45, 2.75) is 19.0 Å². The summed E-state index contributed by atoms with van der Waals surface area (Å²) in [6.07, 6.45) is 2.82. The van der Waals surface area contributed by atoms with Crippen LogP contribution in [0.5, 0.6) is 0 Å². The zero-order valence-electron chi connectivity index (χ0n) is 11.9. The van der Waals surface area contributed by atoms with Crippen LogP contribution >= 0.6 is 24.0 Å². The van der Waals surface area contributed by atoms with Gasteiger partial charge in [0.05, 0.1) is 12.6 Å². The van der Waals surface area contributed by atoms with E-state index in [1.807, 2.05) is 12.3 Å². The summed E-state index contributed by atoms with van der Waals surface area (Å²) in [6.45, 7) is 0.739. The van der Waals surface area contributed by atoms with E-state index in [0.717, 1.165) is 22.8 Å². The molecule has 0 aliphatic carbocycles. The largest absolute Gasteiger partial charge is 0.357 e. The van der Waals surface area contributed by atoms with Crippen LogP contribution in [0.25, 0.3) is 10.9 Å². The first-order valence-electron chi connectivity index (χ1n) is 6.94. The summed E-state index contributed by atoms with van der Waals surface area (Å²) in [5, 5.41) is 15.9. The van der Waals surface area contributed by atoms with E-state index < -0.39 is 0 Å². The Kier molecular flexibility index (Phi) is 3.34. The Hall–Kier alpha value is -1.93. The quantitative estimate of drug-likeness (QED) is 0.668. The maximum atomic E-state index is 5.52. The fourth-order valence-corrected chi connectivity index (χ4v) is 3.68. The van der Waals surface area contributed by atoms with Crippen LogP contribution in [-0.2, 0) is 13.0 Å². The van der Waals surface area contributed by atoms with Gasteiger partial charge in [0.2, 0.25) is 0 Å². The molecule has 1 unspecified atom stereocenters. The monoisotopic (exact) mass is 330 g/mol. The first-order chi connectivity index (χ1) is 10.8. The van der Waals surface area contributed by atoms with Gasteiger partial charge in [-0.15, -0.1) is 22.0 Å². The standard InChI is InChI=1S/C14H14N6S2/c1-22-14(21)20-7-11-9(6-12(20)13-16-18-19-17-13)8-4-2-3-5-10(8)15-11/h2-5,12,15H,6-7H2,1H3,(H,16,17,18,19). The van der Waals surface area contributed by atoms with E-state index >= 15 is 0 Å². The Balaban J connectivity index is 1.83. The summed E-state index contributed by atoms with van der Waals surface area (Å²) >= 11 is 7.10. The first kappa shape index (κ1) is 13.7. The third-order valence-electron chi connectivity index (χ3n) is 4.07. The van der Waals surface area contributed by atoms with Crippen LogP contribution in [0.3, 0.4) is 0 Å². The highest BCUT2D eigenvalue weighted by Crippen LogP contribution is 2.36. The predicted octanol–water partition coefficient (Wildman–Crippen LogP) is 2.43. The predicted molar refractivity (Wildman–Crippen MR) is 90.6 cm³/mol. The lowest BCUT2D eigenvalue weighted by Gasteiger charge is -2.35. The molecule has 0 spiro atoms. The van der Waals surface area contributed by atoms with Crippen LogP contribution in [0, 0.1) is 0 Å². The highest BCUT2D eigenvalue weighted by molar-refractivity contribution is 8.22. The Bertz CT molecular complexity index is 825. The Labute approximate surface area is 136 Å². The molecule has 4 rings (SSSR count). The molecule has 0 saturated heterocycles. The van der Waals surface area contributed by atoms with E-state index in [-0.39, 0.29) is 6.04 Å². The summed E-state index contributed by atoms with van der Waals surface area (Å²) in [6, 6.07) is 8.39. The maximum Gasteiger partial charge on any atom is 0.197 e. The van der Waals surface area contributed by atoms with Crippen LogP contribution in [0.4, 0.5) is 0 Å². The topological polar surface area (TPSA) is 73.5 Å². The zero-order chi connectivity index (χ0) is 15.1. The molecule has 0 bridgehead atoms. The average Bonchev–Trinajstić information content (AvgIpc) is 3.20. The summed E-state index contributed by atoms with van der Waals surface area (Å²) in [4.78, 5) is 5.69. The molecule has 2 N–H and O–H groups in total. The molecule has 0 amide bonds. The van der Waals surface area contributed by atoms with Gasteiger partial charge in [-0.05, 0) is 17.9 Å². The van der Waals surface area contributed by atoms with Gasteiger partial charge in [0.25, 0.3) is 0 Å². The van der Waals surface area contributed by atoms with E-state index in [4.69, 9.17) is 12.2 Å². The molecule has 0 radical (unpaired) electrons. The van der Waals surface area contributed by atoms with Gasteiger partial charge >= 0.3 is 0 Å². The number of rotatable bonds is 1. The van der Waals surface area contributed by atoms with Gasteiger partial charge in [-0.25, -0.2) is 0 Å². The van der Waals surface area contributed by atoms with E-state index in [0.29, 0.717) is 5.82 Å². The van der Waals surface area contributed by atoms with Gasteiger partial charge in [-0.1, -0.05) is 35.6 Å². The van der Waals surface area contributed by atoms with Crippen LogP contribution in [0.1, 0.15) is 23.1 Å². The van der Waals surface area contributed by atoms with E-state index in [2.05, 4.69) is 48.7 Å². The van der Waals surface area contributed by atoms with Gasteiger partial charge in [0.15, 0.2) is 5.82 Å². The van der Waals surface area contributed by atoms with Gasteiger partial charge in [-0.3, -0.25) is 0 Å². The number of benzene rings is 1. The number of thioether (sulfide) groups is 1. The number of thiocarbonyl (C=S) groups is 1.